The molecule has 1 atom stereocenters. The molecule has 0 saturated heterocycles. The summed E-state index contributed by atoms with van der Waals surface area (Å²) in [6.45, 7) is 4.07. The lowest BCUT2D eigenvalue weighted by Crippen LogP contribution is -2.37. The Hall–Kier alpha value is -3.59. The van der Waals surface area contributed by atoms with E-state index in [1.165, 1.54) is 31.0 Å². The summed E-state index contributed by atoms with van der Waals surface area (Å²) in [5.74, 6) is -0.136. The first kappa shape index (κ1) is 24.1. The van der Waals surface area contributed by atoms with Crippen LogP contribution in [-0.2, 0) is 10.5 Å². The van der Waals surface area contributed by atoms with E-state index in [0.29, 0.717) is 51.8 Å². The average Bonchev–Trinajstić information content (AvgIpc) is 2.82. The van der Waals surface area contributed by atoms with Gasteiger partial charge in [-0.25, -0.2) is 9.37 Å². The molecule has 0 saturated carbocycles. The fourth-order valence-corrected chi connectivity index (χ4v) is 5.78. The average molecular weight is 508 g/mol. The number of H-pyrrole nitrogens is 1. The normalized spacial score (nSPS) is 18.3. The van der Waals surface area contributed by atoms with Gasteiger partial charge in [-0.1, -0.05) is 49.9 Å². The number of Topliss-reactive ketones (excluding diaryl/α,β-unsaturated/α-hetero) is 1. The number of anilines is 1. The van der Waals surface area contributed by atoms with Crippen LogP contribution in [0.15, 0.2) is 63.7 Å². The van der Waals surface area contributed by atoms with E-state index in [9.17, 15) is 19.1 Å². The first-order chi connectivity index (χ1) is 17.2. The van der Waals surface area contributed by atoms with Gasteiger partial charge in [-0.05, 0) is 41.2 Å². The van der Waals surface area contributed by atoms with Gasteiger partial charge in [0.1, 0.15) is 11.6 Å². The van der Waals surface area contributed by atoms with E-state index in [-0.39, 0.29) is 34.1 Å². The number of carbonyl (C=O) groups excluding carboxylic acids is 1. The second kappa shape index (κ2) is 9.13. The van der Waals surface area contributed by atoms with Crippen molar-refractivity contribution in [2.45, 2.75) is 43.5 Å². The van der Waals surface area contributed by atoms with E-state index in [0.717, 1.165) is 5.70 Å². The third-order valence-electron chi connectivity index (χ3n) is 6.56. The van der Waals surface area contributed by atoms with E-state index < -0.39 is 5.92 Å². The summed E-state index contributed by atoms with van der Waals surface area (Å²) in [7, 11) is 1.45. The first-order valence-corrected chi connectivity index (χ1v) is 12.6. The number of aromatic nitrogens is 2. The van der Waals surface area contributed by atoms with Crippen molar-refractivity contribution in [2.75, 3.05) is 12.4 Å². The molecule has 0 fully saturated rings. The number of methoxy groups -OCH3 is 1. The van der Waals surface area contributed by atoms with Gasteiger partial charge in [0.05, 0.1) is 12.7 Å². The Kier molecular flexibility index (Phi) is 6.12. The molecule has 0 spiro atoms. The standard InChI is InChI=1S/C27H26FN3O4S/c1-27(2)11-17-22(19(33)12-27)21(14-8-9-18(32)20(10-14)35-3)23-24(29-17)30-26(31-25(23)34)36-13-15-6-4-5-7-16(15)28/h4-10,21,32H,11-13H2,1-3H3,(H2,29,30,31,34). The minimum Gasteiger partial charge on any atom is -0.504 e. The van der Waals surface area contributed by atoms with Gasteiger partial charge in [0.25, 0.3) is 5.56 Å². The zero-order valence-electron chi connectivity index (χ0n) is 20.1. The van der Waals surface area contributed by atoms with Crippen molar-refractivity contribution in [3.63, 3.8) is 0 Å². The molecule has 1 aromatic heterocycles. The van der Waals surface area contributed by atoms with Crippen LogP contribution in [-0.4, -0.2) is 28.0 Å². The molecule has 3 aromatic rings. The second-order valence-electron chi connectivity index (χ2n) is 9.84. The van der Waals surface area contributed by atoms with E-state index in [1.54, 1.807) is 30.3 Å². The number of benzene rings is 2. The number of ether oxygens (including phenoxy) is 1. The number of halogens is 1. The fraction of sp³-hybridized carbons (Fsp3) is 0.296. The van der Waals surface area contributed by atoms with Gasteiger partial charge < -0.3 is 20.1 Å². The summed E-state index contributed by atoms with van der Waals surface area (Å²) in [5.41, 5.74) is 2.12. The van der Waals surface area contributed by atoms with Crippen LogP contribution in [0.4, 0.5) is 10.2 Å². The summed E-state index contributed by atoms with van der Waals surface area (Å²) >= 11 is 1.23. The number of aromatic amines is 1. The molecule has 2 aromatic carbocycles. The van der Waals surface area contributed by atoms with Gasteiger partial charge in [-0.15, -0.1) is 0 Å². The lowest BCUT2D eigenvalue weighted by atomic mass is 9.69. The van der Waals surface area contributed by atoms with Crippen LogP contribution < -0.4 is 15.6 Å². The lowest BCUT2D eigenvalue weighted by molar-refractivity contribution is -0.118. The predicted molar refractivity (Wildman–Crippen MR) is 136 cm³/mol. The summed E-state index contributed by atoms with van der Waals surface area (Å²) in [6.07, 6.45) is 0.974. The molecule has 36 heavy (non-hydrogen) atoms. The number of rotatable bonds is 5. The van der Waals surface area contributed by atoms with Crippen LogP contribution in [0.25, 0.3) is 0 Å². The fourth-order valence-electron chi connectivity index (χ4n) is 4.93. The van der Waals surface area contributed by atoms with Crippen LogP contribution in [0.3, 0.4) is 0 Å². The number of nitrogens with one attached hydrogen (secondary N) is 2. The van der Waals surface area contributed by atoms with E-state index in [2.05, 4.69) is 15.3 Å². The van der Waals surface area contributed by atoms with Crippen molar-refractivity contribution in [1.29, 1.82) is 0 Å². The lowest BCUT2D eigenvalue weighted by Gasteiger charge is -2.38. The number of aromatic hydroxyl groups is 1. The van der Waals surface area contributed by atoms with Crippen molar-refractivity contribution in [3.05, 3.63) is 86.6 Å². The largest absolute Gasteiger partial charge is 0.504 e. The van der Waals surface area contributed by atoms with Crippen LogP contribution in [0, 0.1) is 11.2 Å². The number of phenolic OH excluding ortho intramolecular Hbond substituents is 1. The molecule has 2 aliphatic rings. The molecular weight excluding hydrogens is 481 g/mol. The minimum absolute atomic E-state index is 0.0335. The smallest absolute Gasteiger partial charge is 0.257 e. The summed E-state index contributed by atoms with van der Waals surface area (Å²) < 4.78 is 19.4. The van der Waals surface area contributed by atoms with E-state index in [4.69, 9.17) is 4.74 Å². The molecule has 0 radical (unpaired) electrons. The molecule has 1 aliphatic carbocycles. The van der Waals surface area contributed by atoms with Crippen LogP contribution in [0.5, 0.6) is 11.5 Å². The van der Waals surface area contributed by atoms with Gasteiger partial charge in [-0.3, -0.25) is 9.59 Å². The Morgan fingerprint density at radius 2 is 1.97 bits per heavy atom. The maximum atomic E-state index is 14.1. The highest BCUT2D eigenvalue weighted by molar-refractivity contribution is 7.98. The molecule has 7 nitrogen and oxygen atoms in total. The Morgan fingerprint density at radius 1 is 1.19 bits per heavy atom. The number of hydrogen-bond donors (Lipinski definition) is 3. The van der Waals surface area contributed by atoms with Gasteiger partial charge in [0, 0.05) is 29.4 Å². The zero-order chi connectivity index (χ0) is 25.6. The predicted octanol–water partition coefficient (Wildman–Crippen LogP) is 5.12. The topological polar surface area (TPSA) is 104 Å². The second-order valence-corrected chi connectivity index (χ2v) is 10.8. The molecule has 9 heteroatoms. The first-order valence-electron chi connectivity index (χ1n) is 11.6. The SMILES string of the molecule is COc1cc(C2C3=C(CC(C)(C)CC3=O)Nc3nc(SCc4ccccc4F)[nH]c(=O)c32)ccc1O. The van der Waals surface area contributed by atoms with Crippen LogP contribution in [0.1, 0.15) is 49.3 Å². The van der Waals surface area contributed by atoms with Crippen LogP contribution in [0.2, 0.25) is 0 Å². The van der Waals surface area contributed by atoms with E-state index >= 15 is 0 Å². The Morgan fingerprint density at radius 3 is 2.72 bits per heavy atom. The summed E-state index contributed by atoms with van der Waals surface area (Å²) in [4.78, 5) is 34.3. The Labute approximate surface area is 211 Å². The molecule has 2 heterocycles. The number of hydrogen-bond acceptors (Lipinski definition) is 7. The van der Waals surface area contributed by atoms with Crippen molar-refractivity contribution in [1.82, 2.24) is 9.97 Å². The maximum absolute atomic E-state index is 14.1. The molecule has 186 valence electrons. The van der Waals surface area contributed by atoms with Crippen molar-refractivity contribution in [2.24, 2.45) is 5.41 Å². The van der Waals surface area contributed by atoms with Gasteiger partial charge in [0.15, 0.2) is 22.4 Å². The molecule has 0 amide bonds. The number of fused-ring (bicyclic) bond motifs is 1. The number of phenols is 1. The molecule has 0 bridgehead atoms. The zero-order valence-corrected chi connectivity index (χ0v) is 21.0. The number of ketones is 1. The number of nitrogens with zero attached hydrogens (tertiary/aromatic N) is 1. The Bertz CT molecular complexity index is 1460. The number of thioether (sulfide) groups is 1. The summed E-state index contributed by atoms with van der Waals surface area (Å²) in [5, 5.41) is 13.7. The molecule has 3 N–H and O–H groups in total. The highest BCUT2D eigenvalue weighted by Crippen LogP contribution is 2.48. The quantitative estimate of drug-likeness (QED) is 0.325. The molecule has 1 aliphatic heterocycles. The molecule has 1 unspecified atom stereocenters. The maximum Gasteiger partial charge on any atom is 0.257 e. The third-order valence-corrected chi connectivity index (χ3v) is 7.48. The molecule has 5 rings (SSSR count). The minimum atomic E-state index is -0.670. The van der Waals surface area contributed by atoms with Crippen molar-refractivity contribution < 1.29 is 19.0 Å². The van der Waals surface area contributed by atoms with Gasteiger partial charge >= 0.3 is 0 Å². The monoisotopic (exact) mass is 507 g/mol. The van der Waals surface area contributed by atoms with Crippen LogP contribution >= 0.6 is 11.8 Å². The van der Waals surface area contributed by atoms with Gasteiger partial charge in [-0.2, -0.15) is 0 Å². The van der Waals surface area contributed by atoms with Crippen molar-refractivity contribution in [3.8, 4) is 11.5 Å². The van der Waals surface area contributed by atoms with E-state index in [1.807, 2.05) is 13.8 Å². The highest BCUT2D eigenvalue weighted by atomic mass is 32.2. The summed E-state index contributed by atoms with van der Waals surface area (Å²) in [6, 6.07) is 11.3. The highest BCUT2D eigenvalue weighted by Gasteiger charge is 2.42. The Balaban J connectivity index is 1.61. The van der Waals surface area contributed by atoms with Gasteiger partial charge in [0.2, 0.25) is 0 Å². The third kappa shape index (κ3) is 4.39. The molecular formula is C27H26FN3O4S. The van der Waals surface area contributed by atoms with Crippen molar-refractivity contribution >= 4 is 23.4 Å². The number of carbonyl (C=O) groups is 1. The number of allylic oxidation sites excluding steroid dienone is 2.